The molecule has 0 amide bonds. The number of rotatable bonds is 5. The average molecular weight is 251 g/mol. The summed E-state index contributed by atoms with van der Waals surface area (Å²) in [4.78, 5) is 1.13. The van der Waals surface area contributed by atoms with Gasteiger partial charge in [0.05, 0.1) is 11.9 Å². The van der Waals surface area contributed by atoms with Crippen LogP contribution >= 0.6 is 11.8 Å². The van der Waals surface area contributed by atoms with Gasteiger partial charge in [0.1, 0.15) is 5.82 Å². The smallest absolute Gasteiger partial charge is 0.146 e. The number of hydrogen-bond acceptors (Lipinski definition) is 3. The highest BCUT2D eigenvalue weighted by Crippen LogP contribution is 2.17. The maximum Gasteiger partial charge on any atom is 0.146 e. The second-order valence-corrected chi connectivity index (χ2v) is 4.77. The fraction of sp³-hybridized carbons (Fsp3) is 0.250. The zero-order valence-corrected chi connectivity index (χ0v) is 10.4. The summed E-state index contributed by atoms with van der Waals surface area (Å²) in [6, 6.07) is 6.70. The summed E-state index contributed by atoms with van der Waals surface area (Å²) in [5.41, 5.74) is 0.555. The zero-order valence-electron chi connectivity index (χ0n) is 9.56. The van der Waals surface area contributed by atoms with E-state index in [1.165, 1.54) is 6.07 Å². The molecule has 1 heterocycles. The molecule has 0 aliphatic heterocycles. The highest BCUT2D eigenvalue weighted by Gasteiger charge is 2.00. The number of thioether (sulfide) groups is 1. The SMILES string of the molecule is Cn1cc(SCCNc2ccccc2F)cn1. The van der Waals surface area contributed by atoms with Crippen molar-refractivity contribution in [3.8, 4) is 0 Å². The van der Waals surface area contributed by atoms with E-state index in [2.05, 4.69) is 10.4 Å². The molecule has 5 heteroatoms. The number of aryl methyl sites for hydroxylation is 1. The summed E-state index contributed by atoms with van der Waals surface area (Å²) in [6.07, 6.45) is 3.79. The van der Waals surface area contributed by atoms with Crippen LogP contribution in [-0.4, -0.2) is 22.1 Å². The van der Waals surface area contributed by atoms with Gasteiger partial charge in [-0.1, -0.05) is 12.1 Å². The van der Waals surface area contributed by atoms with Crippen LogP contribution in [0.15, 0.2) is 41.6 Å². The van der Waals surface area contributed by atoms with E-state index in [0.29, 0.717) is 5.69 Å². The number of anilines is 1. The van der Waals surface area contributed by atoms with Crippen LogP contribution in [0.5, 0.6) is 0 Å². The number of hydrogen-bond donors (Lipinski definition) is 1. The lowest BCUT2D eigenvalue weighted by molar-refractivity contribution is 0.630. The van der Waals surface area contributed by atoms with Gasteiger partial charge in [-0.05, 0) is 12.1 Å². The third-order valence-electron chi connectivity index (χ3n) is 2.24. The van der Waals surface area contributed by atoms with Gasteiger partial charge in [-0.3, -0.25) is 4.68 Å². The Labute approximate surface area is 104 Å². The van der Waals surface area contributed by atoms with Gasteiger partial charge < -0.3 is 5.32 Å². The first-order valence-electron chi connectivity index (χ1n) is 5.35. The molecule has 2 aromatic rings. The molecule has 0 aliphatic rings. The number of nitrogens with zero attached hydrogens (tertiary/aromatic N) is 2. The van der Waals surface area contributed by atoms with Crippen molar-refractivity contribution in [3.05, 3.63) is 42.5 Å². The van der Waals surface area contributed by atoms with Crippen LogP contribution in [0.4, 0.5) is 10.1 Å². The van der Waals surface area contributed by atoms with Crippen LogP contribution in [0.1, 0.15) is 0 Å². The van der Waals surface area contributed by atoms with Gasteiger partial charge in [0, 0.05) is 30.4 Å². The summed E-state index contributed by atoms with van der Waals surface area (Å²) >= 11 is 1.70. The van der Waals surface area contributed by atoms with Gasteiger partial charge in [-0.2, -0.15) is 5.10 Å². The van der Waals surface area contributed by atoms with Crippen molar-refractivity contribution in [1.29, 1.82) is 0 Å². The molecule has 0 radical (unpaired) electrons. The maximum atomic E-state index is 13.3. The van der Waals surface area contributed by atoms with Gasteiger partial charge in [0.2, 0.25) is 0 Å². The van der Waals surface area contributed by atoms with Crippen molar-refractivity contribution in [1.82, 2.24) is 9.78 Å². The molecule has 1 aromatic carbocycles. The van der Waals surface area contributed by atoms with Crippen LogP contribution in [0, 0.1) is 5.82 Å². The fourth-order valence-corrected chi connectivity index (χ4v) is 2.22. The van der Waals surface area contributed by atoms with Gasteiger partial charge >= 0.3 is 0 Å². The molecular weight excluding hydrogens is 237 g/mol. The van der Waals surface area contributed by atoms with Crippen molar-refractivity contribution in [2.45, 2.75) is 4.90 Å². The largest absolute Gasteiger partial charge is 0.382 e. The van der Waals surface area contributed by atoms with E-state index >= 15 is 0 Å². The molecule has 1 N–H and O–H groups in total. The predicted octanol–water partition coefficient (Wildman–Crippen LogP) is 2.76. The summed E-state index contributed by atoms with van der Waals surface area (Å²) in [6.45, 7) is 0.723. The summed E-state index contributed by atoms with van der Waals surface area (Å²) in [5.74, 6) is 0.666. The van der Waals surface area contributed by atoms with E-state index in [9.17, 15) is 4.39 Å². The lowest BCUT2D eigenvalue weighted by Gasteiger charge is -2.06. The first-order valence-corrected chi connectivity index (χ1v) is 6.34. The predicted molar refractivity (Wildman–Crippen MR) is 68.8 cm³/mol. The highest BCUT2D eigenvalue weighted by molar-refractivity contribution is 7.99. The molecule has 0 atom stereocenters. The van der Waals surface area contributed by atoms with Gasteiger partial charge in [0.15, 0.2) is 0 Å². The number of nitrogens with one attached hydrogen (secondary N) is 1. The molecule has 0 saturated heterocycles. The Kier molecular flexibility index (Phi) is 4.03. The summed E-state index contributed by atoms with van der Waals surface area (Å²) < 4.78 is 15.0. The molecule has 0 bridgehead atoms. The molecule has 0 aliphatic carbocycles. The van der Waals surface area contributed by atoms with Gasteiger partial charge in [-0.25, -0.2) is 4.39 Å². The van der Waals surface area contributed by atoms with E-state index in [1.54, 1.807) is 28.6 Å². The normalized spacial score (nSPS) is 10.5. The van der Waals surface area contributed by atoms with Crippen LogP contribution < -0.4 is 5.32 Å². The standard InChI is InChI=1S/C12H14FN3S/c1-16-9-10(8-15-16)17-7-6-14-12-5-3-2-4-11(12)13/h2-5,8-9,14H,6-7H2,1H3. The Morgan fingerprint density at radius 3 is 2.94 bits per heavy atom. The Bertz CT molecular complexity index is 484. The molecule has 0 unspecified atom stereocenters. The first-order chi connectivity index (χ1) is 8.25. The van der Waals surface area contributed by atoms with E-state index in [0.717, 1.165) is 17.2 Å². The molecule has 2 rings (SSSR count). The second kappa shape index (κ2) is 5.72. The van der Waals surface area contributed by atoms with E-state index in [4.69, 9.17) is 0 Å². The van der Waals surface area contributed by atoms with Crippen molar-refractivity contribution >= 4 is 17.4 Å². The lowest BCUT2D eigenvalue weighted by Crippen LogP contribution is -2.05. The maximum absolute atomic E-state index is 13.3. The fourth-order valence-electron chi connectivity index (χ4n) is 1.43. The third-order valence-corrected chi connectivity index (χ3v) is 3.19. The minimum absolute atomic E-state index is 0.209. The minimum atomic E-state index is -0.209. The third kappa shape index (κ3) is 3.49. The molecule has 0 fully saturated rings. The number of halogens is 1. The quantitative estimate of drug-likeness (QED) is 0.654. The molecule has 0 spiro atoms. The van der Waals surface area contributed by atoms with E-state index < -0.39 is 0 Å². The Balaban J connectivity index is 1.75. The second-order valence-electron chi connectivity index (χ2n) is 3.60. The van der Waals surface area contributed by atoms with Crippen LogP contribution in [0.25, 0.3) is 0 Å². The molecular formula is C12H14FN3S. The van der Waals surface area contributed by atoms with Gasteiger partial charge in [-0.15, -0.1) is 11.8 Å². The van der Waals surface area contributed by atoms with E-state index in [1.807, 2.05) is 25.5 Å². The van der Waals surface area contributed by atoms with Crippen LogP contribution in [0.2, 0.25) is 0 Å². The molecule has 90 valence electrons. The number of benzene rings is 1. The van der Waals surface area contributed by atoms with Crippen LogP contribution in [0.3, 0.4) is 0 Å². The van der Waals surface area contributed by atoms with Crippen molar-refractivity contribution in [2.75, 3.05) is 17.6 Å². The Hall–Kier alpha value is -1.49. The lowest BCUT2D eigenvalue weighted by atomic mass is 10.3. The highest BCUT2D eigenvalue weighted by atomic mass is 32.2. The summed E-state index contributed by atoms with van der Waals surface area (Å²) in [7, 11) is 1.89. The summed E-state index contributed by atoms with van der Waals surface area (Å²) in [5, 5.41) is 7.15. The first kappa shape index (κ1) is 12.0. The van der Waals surface area contributed by atoms with Crippen molar-refractivity contribution in [2.24, 2.45) is 7.05 Å². The molecule has 0 saturated carbocycles. The Morgan fingerprint density at radius 2 is 2.24 bits per heavy atom. The minimum Gasteiger partial charge on any atom is -0.382 e. The Morgan fingerprint density at radius 1 is 1.41 bits per heavy atom. The number of aromatic nitrogens is 2. The monoisotopic (exact) mass is 251 g/mol. The zero-order chi connectivity index (χ0) is 12.1. The topological polar surface area (TPSA) is 29.9 Å². The molecule has 17 heavy (non-hydrogen) atoms. The van der Waals surface area contributed by atoms with Crippen LogP contribution in [-0.2, 0) is 7.05 Å². The van der Waals surface area contributed by atoms with Crippen molar-refractivity contribution < 1.29 is 4.39 Å². The van der Waals surface area contributed by atoms with Crippen molar-refractivity contribution in [3.63, 3.8) is 0 Å². The average Bonchev–Trinajstić information content (AvgIpc) is 2.73. The number of para-hydroxylation sites is 1. The van der Waals surface area contributed by atoms with E-state index in [-0.39, 0.29) is 5.82 Å². The molecule has 3 nitrogen and oxygen atoms in total. The van der Waals surface area contributed by atoms with Gasteiger partial charge in [0.25, 0.3) is 0 Å². The molecule has 1 aromatic heterocycles.